The van der Waals surface area contributed by atoms with Crippen LogP contribution in [0, 0.1) is 6.92 Å². The molecule has 0 bridgehead atoms. The van der Waals surface area contributed by atoms with Gasteiger partial charge >= 0.3 is 0 Å². The number of benzene rings is 2. The van der Waals surface area contributed by atoms with Crippen molar-refractivity contribution in [2.24, 2.45) is 5.73 Å². The van der Waals surface area contributed by atoms with Crippen molar-refractivity contribution >= 4 is 23.2 Å². The summed E-state index contributed by atoms with van der Waals surface area (Å²) in [5.74, 6) is 0.323. The van der Waals surface area contributed by atoms with Gasteiger partial charge in [0.25, 0.3) is 0 Å². The van der Waals surface area contributed by atoms with Crippen LogP contribution in [0.25, 0.3) is 0 Å². The minimum atomic E-state index is -0.763. The number of nitrogens with two attached hydrogens (primary N) is 1. The van der Waals surface area contributed by atoms with Gasteiger partial charge in [-0.1, -0.05) is 29.8 Å². The third kappa shape index (κ3) is 3.70. The van der Waals surface area contributed by atoms with Gasteiger partial charge in [0, 0.05) is 24.7 Å². The van der Waals surface area contributed by atoms with Crippen LogP contribution in [0.5, 0.6) is 5.75 Å². The first-order valence-corrected chi connectivity index (χ1v) is 8.61. The summed E-state index contributed by atoms with van der Waals surface area (Å²) in [5.41, 5.74) is 9.21. The Hall–Kier alpha value is -2.86. The maximum atomic E-state index is 12.4. The molecule has 6 nitrogen and oxygen atoms in total. The van der Waals surface area contributed by atoms with Crippen molar-refractivity contribution in [1.82, 2.24) is 0 Å². The summed E-state index contributed by atoms with van der Waals surface area (Å²) in [6.07, 6.45) is 1.39. The number of hydrogen-bond donors (Lipinski definition) is 2. The van der Waals surface area contributed by atoms with E-state index in [1.54, 1.807) is 30.2 Å². The average Bonchev–Trinajstić information content (AvgIpc) is 3.07. The van der Waals surface area contributed by atoms with Crippen molar-refractivity contribution in [3.63, 3.8) is 0 Å². The minimum absolute atomic E-state index is 0.0847. The van der Waals surface area contributed by atoms with E-state index < -0.39 is 6.04 Å². The molecular formula is C20H23N3O3. The molecule has 2 amide bonds. The van der Waals surface area contributed by atoms with Gasteiger partial charge in [-0.15, -0.1) is 0 Å². The van der Waals surface area contributed by atoms with Gasteiger partial charge in [0.1, 0.15) is 11.8 Å². The van der Waals surface area contributed by atoms with E-state index in [4.69, 9.17) is 10.5 Å². The predicted molar refractivity (Wildman–Crippen MR) is 101 cm³/mol. The lowest BCUT2D eigenvalue weighted by molar-refractivity contribution is -0.118. The number of anilines is 2. The van der Waals surface area contributed by atoms with Crippen LogP contribution in [0.3, 0.4) is 0 Å². The Morgan fingerprint density at radius 2 is 1.96 bits per heavy atom. The monoisotopic (exact) mass is 353 g/mol. The van der Waals surface area contributed by atoms with E-state index in [-0.39, 0.29) is 11.8 Å². The van der Waals surface area contributed by atoms with E-state index in [0.717, 1.165) is 23.2 Å². The zero-order valence-corrected chi connectivity index (χ0v) is 15.0. The molecular weight excluding hydrogens is 330 g/mol. The van der Waals surface area contributed by atoms with Gasteiger partial charge in [-0.2, -0.15) is 0 Å². The zero-order chi connectivity index (χ0) is 18.7. The highest BCUT2D eigenvalue weighted by Crippen LogP contribution is 2.34. The van der Waals surface area contributed by atoms with E-state index in [2.05, 4.69) is 5.32 Å². The molecule has 3 rings (SSSR count). The highest BCUT2D eigenvalue weighted by molar-refractivity contribution is 5.98. The molecule has 1 unspecified atom stereocenters. The van der Waals surface area contributed by atoms with Crippen molar-refractivity contribution in [1.29, 1.82) is 0 Å². The number of aryl methyl sites for hydroxylation is 1. The van der Waals surface area contributed by atoms with Crippen LogP contribution in [-0.2, 0) is 9.59 Å². The summed E-state index contributed by atoms with van der Waals surface area (Å²) < 4.78 is 5.41. The van der Waals surface area contributed by atoms with Gasteiger partial charge in [-0.3, -0.25) is 9.59 Å². The summed E-state index contributed by atoms with van der Waals surface area (Å²) in [6.45, 7) is 2.66. The first-order chi connectivity index (χ1) is 12.5. The second-order valence-electron chi connectivity index (χ2n) is 6.41. The highest BCUT2D eigenvalue weighted by Gasteiger charge is 2.25. The summed E-state index contributed by atoms with van der Waals surface area (Å²) in [6, 6.07) is 12.0. The number of hydrogen-bond acceptors (Lipinski definition) is 4. The zero-order valence-electron chi connectivity index (χ0n) is 15.0. The molecule has 0 spiro atoms. The molecule has 2 aromatic carbocycles. The number of nitrogens with zero attached hydrogens (tertiary/aromatic N) is 1. The summed E-state index contributed by atoms with van der Waals surface area (Å²) in [7, 11) is 1.54. The molecule has 0 saturated carbocycles. The highest BCUT2D eigenvalue weighted by atomic mass is 16.5. The van der Waals surface area contributed by atoms with Gasteiger partial charge in [0.2, 0.25) is 11.8 Å². The summed E-state index contributed by atoms with van der Waals surface area (Å²) in [4.78, 5) is 26.1. The van der Waals surface area contributed by atoms with Gasteiger partial charge in [0.15, 0.2) is 0 Å². The largest absolute Gasteiger partial charge is 0.494 e. The second kappa shape index (κ2) is 7.58. The topological polar surface area (TPSA) is 84.7 Å². The molecule has 26 heavy (non-hydrogen) atoms. The third-order valence-electron chi connectivity index (χ3n) is 4.53. The molecule has 6 heteroatoms. The van der Waals surface area contributed by atoms with Crippen LogP contribution in [0.1, 0.15) is 30.0 Å². The van der Waals surface area contributed by atoms with E-state index >= 15 is 0 Å². The summed E-state index contributed by atoms with van der Waals surface area (Å²) in [5, 5.41) is 2.81. The second-order valence-corrected chi connectivity index (χ2v) is 6.41. The van der Waals surface area contributed by atoms with Crippen molar-refractivity contribution in [2.75, 3.05) is 23.9 Å². The Labute approximate surface area is 152 Å². The third-order valence-corrected chi connectivity index (χ3v) is 4.53. The Kier molecular flexibility index (Phi) is 5.23. The number of carbonyl (C=O) groups is 2. The smallest absolute Gasteiger partial charge is 0.245 e. The average molecular weight is 353 g/mol. The van der Waals surface area contributed by atoms with E-state index in [1.807, 2.05) is 31.2 Å². The first-order valence-electron chi connectivity index (χ1n) is 8.61. The molecule has 1 aliphatic rings. The van der Waals surface area contributed by atoms with Gasteiger partial charge in [-0.25, -0.2) is 0 Å². The molecule has 1 saturated heterocycles. The van der Waals surface area contributed by atoms with Crippen LogP contribution in [0.2, 0.25) is 0 Å². The molecule has 1 fully saturated rings. The molecule has 1 atom stereocenters. The van der Waals surface area contributed by atoms with Crippen LogP contribution in [0.4, 0.5) is 11.4 Å². The SMILES string of the molecule is COc1cc(NC(=O)C(N)c2ccc(C)cc2)ccc1N1CCCC1=O. The Morgan fingerprint density at radius 3 is 2.58 bits per heavy atom. The van der Waals surface area contributed by atoms with Crippen molar-refractivity contribution in [2.45, 2.75) is 25.8 Å². The van der Waals surface area contributed by atoms with Gasteiger partial charge in [-0.05, 0) is 31.0 Å². The molecule has 1 heterocycles. The number of amides is 2. The minimum Gasteiger partial charge on any atom is -0.494 e. The molecule has 2 aromatic rings. The van der Waals surface area contributed by atoms with Crippen molar-refractivity contribution in [3.8, 4) is 5.75 Å². The Morgan fingerprint density at radius 1 is 1.23 bits per heavy atom. The maximum Gasteiger partial charge on any atom is 0.245 e. The number of methoxy groups -OCH3 is 1. The Bertz CT molecular complexity index is 818. The number of rotatable bonds is 5. The molecule has 1 aliphatic heterocycles. The fourth-order valence-corrected chi connectivity index (χ4v) is 3.03. The lowest BCUT2D eigenvalue weighted by Gasteiger charge is -2.20. The lowest BCUT2D eigenvalue weighted by Crippen LogP contribution is -2.28. The number of ether oxygens (including phenoxy) is 1. The van der Waals surface area contributed by atoms with E-state index in [1.165, 1.54) is 0 Å². The number of nitrogens with one attached hydrogen (secondary N) is 1. The lowest BCUT2D eigenvalue weighted by atomic mass is 10.1. The van der Waals surface area contributed by atoms with Gasteiger partial charge in [0.05, 0.1) is 12.8 Å². The van der Waals surface area contributed by atoms with Crippen LogP contribution < -0.4 is 20.7 Å². The maximum absolute atomic E-state index is 12.4. The fourth-order valence-electron chi connectivity index (χ4n) is 3.03. The van der Waals surface area contributed by atoms with Crippen LogP contribution in [-0.4, -0.2) is 25.5 Å². The molecule has 0 aliphatic carbocycles. The van der Waals surface area contributed by atoms with Gasteiger partial charge < -0.3 is 20.7 Å². The molecule has 0 radical (unpaired) electrons. The molecule has 3 N–H and O–H groups in total. The summed E-state index contributed by atoms with van der Waals surface area (Å²) >= 11 is 0. The van der Waals surface area contributed by atoms with E-state index in [0.29, 0.717) is 24.4 Å². The van der Waals surface area contributed by atoms with Crippen LogP contribution in [0.15, 0.2) is 42.5 Å². The van der Waals surface area contributed by atoms with Crippen molar-refractivity contribution in [3.05, 3.63) is 53.6 Å². The number of carbonyl (C=O) groups excluding carboxylic acids is 2. The molecule has 136 valence electrons. The van der Waals surface area contributed by atoms with Crippen LogP contribution >= 0.6 is 0 Å². The normalized spacial score (nSPS) is 15.0. The van der Waals surface area contributed by atoms with E-state index in [9.17, 15) is 9.59 Å². The van der Waals surface area contributed by atoms with Crippen molar-refractivity contribution < 1.29 is 14.3 Å². The Balaban J connectivity index is 1.76. The quantitative estimate of drug-likeness (QED) is 0.866. The first kappa shape index (κ1) is 17.9. The predicted octanol–water partition coefficient (Wildman–Crippen LogP) is 2.77. The standard InChI is InChI=1S/C20H23N3O3/c1-13-5-7-14(8-6-13)19(21)20(25)22-15-9-10-16(17(12-15)26-2)23-11-3-4-18(23)24/h5-10,12,19H,3-4,11,21H2,1-2H3,(H,22,25). The fraction of sp³-hybridized carbons (Fsp3) is 0.300. The molecule has 0 aromatic heterocycles.